The van der Waals surface area contributed by atoms with Crippen LogP contribution in [0.25, 0.3) is 0 Å². The maximum Gasteiger partial charge on any atom is 0.238 e. The second-order valence-corrected chi connectivity index (χ2v) is 2.41. The Morgan fingerprint density at radius 3 is 2.58 bits per heavy atom. The summed E-state index contributed by atoms with van der Waals surface area (Å²) >= 11 is 0. The van der Waals surface area contributed by atoms with Crippen LogP contribution in [-0.2, 0) is 9.59 Å². The lowest BCUT2D eigenvalue weighted by molar-refractivity contribution is -0.127. The zero-order valence-corrected chi connectivity index (χ0v) is 7.22. The van der Waals surface area contributed by atoms with Crippen molar-refractivity contribution in [1.82, 2.24) is 10.9 Å². The van der Waals surface area contributed by atoms with E-state index in [0.29, 0.717) is 6.42 Å². The number of carbonyl (C=O) groups is 2. The molecule has 2 N–H and O–H groups in total. The standard InChI is InChI=1S/C8H14N2O2/c1-3-4-5-6-8(12)10-9-7(2)11/h3H,1,4-6H2,2H3,(H,9,11)(H,10,12). The Hall–Kier alpha value is -1.32. The topological polar surface area (TPSA) is 58.2 Å². The van der Waals surface area contributed by atoms with Crippen molar-refractivity contribution in [3.05, 3.63) is 12.7 Å². The van der Waals surface area contributed by atoms with Crippen LogP contribution in [0, 0.1) is 0 Å². The molecule has 12 heavy (non-hydrogen) atoms. The average Bonchev–Trinajstić information content (AvgIpc) is 2.01. The fourth-order valence-corrected chi connectivity index (χ4v) is 0.627. The average molecular weight is 170 g/mol. The molecule has 4 heteroatoms. The first-order chi connectivity index (χ1) is 5.66. The number of amides is 2. The highest BCUT2D eigenvalue weighted by Crippen LogP contribution is 1.94. The van der Waals surface area contributed by atoms with E-state index in [1.807, 2.05) is 0 Å². The number of hydrogen-bond acceptors (Lipinski definition) is 2. The minimum atomic E-state index is -0.271. The maximum absolute atomic E-state index is 10.9. The predicted molar refractivity (Wildman–Crippen MR) is 46.0 cm³/mol. The monoisotopic (exact) mass is 170 g/mol. The summed E-state index contributed by atoms with van der Waals surface area (Å²) in [4.78, 5) is 21.2. The normalized spacial score (nSPS) is 8.75. The van der Waals surface area contributed by atoms with E-state index in [9.17, 15) is 9.59 Å². The van der Waals surface area contributed by atoms with Gasteiger partial charge in [-0.1, -0.05) is 6.08 Å². The van der Waals surface area contributed by atoms with E-state index in [0.717, 1.165) is 12.8 Å². The lowest BCUT2D eigenvalue weighted by Crippen LogP contribution is -2.40. The van der Waals surface area contributed by atoms with Crippen LogP contribution in [0.2, 0.25) is 0 Å². The zero-order chi connectivity index (χ0) is 9.40. The van der Waals surface area contributed by atoms with Gasteiger partial charge in [-0.2, -0.15) is 0 Å². The van der Waals surface area contributed by atoms with Crippen LogP contribution in [0.1, 0.15) is 26.2 Å². The van der Waals surface area contributed by atoms with Gasteiger partial charge in [0.25, 0.3) is 0 Å². The Labute approximate surface area is 72.0 Å². The molecule has 0 aliphatic carbocycles. The van der Waals surface area contributed by atoms with Crippen molar-refractivity contribution in [1.29, 1.82) is 0 Å². The lowest BCUT2D eigenvalue weighted by atomic mass is 10.2. The first-order valence-corrected chi connectivity index (χ1v) is 3.83. The number of rotatable bonds is 4. The molecule has 0 aromatic carbocycles. The Morgan fingerprint density at radius 2 is 2.08 bits per heavy atom. The van der Waals surface area contributed by atoms with Crippen LogP contribution in [0.15, 0.2) is 12.7 Å². The zero-order valence-electron chi connectivity index (χ0n) is 7.22. The van der Waals surface area contributed by atoms with E-state index >= 15 is 0 Å². The van der Waals surface area contributed by atoms with Gasteiger partial charge in [-0.15, -0.1) is 6.58 Å². The lowest BCUT2D eigenvalue weighted by Gasteiger charge is -2.03. The highest BCUT2D eigenvalue weighted by atomic mass is 16.2. The van der Waals surface area contributed by atoms with Gasteiger partial charge in [0.05, 0.1) is 0 Å². The number of hydrazine groups is 1. The van der Waals surface area contributed by atoms with E-state index in [-0.39, 0.29) is 11.8 Å². The minimum Gasteiger partial charge on any atom is -0.274 e. The van der Waals surface area contributed by atoms with Crippen LogP contribution < -0.4 is 10.9 Å². The van der Waals surface area contributed by atoms with Crippen molar-refractivity contribution in [2.75, 3.05) is 0 Å². The number of unbranched alkanes of at least 4 members (excludes halogenated alkanes) is 1. The molecule has 0 bridgehead atoms. The van der Waals surface area contributed by atoms with E-state index in [1.165, 1.54) is 6.92 Å². The number of allylic oxidation sites excluding steroid dienone is 1. The largest absolute Gasteiger partial charge is 0.274 e. The number of nitrogens with one attached hydrogen (secondary N) is 2. The minimum absolute atomic E-state index is 0.174. The number of carbonyl (C=O) groups excluding carboxylic acids is 2. The van der Waals surface area contributed by atoms with Crippen molar-refractivity contribution in [2.45, 2.75) is 26.2 Å². The third kappa shape index (κ3) is 6.80. The Kier molecular flexibility index (Phi) is 5.69. The van der Waals surface area contributed by atoms with Gasteiger partial charge in [0.2, 0.25) is 11.8 Å². The summed E-state index contributed by atoms with van der Waals surface area (Å²) in [6.07, 6.45) is 3.74. The van der Waals surface area contributed by atoms with Crippen LogP contribution in [0.5, 0.6) is 0 Å². The number of hydrogen-bond donors (Lipinski definition) is 2. The molecule has 0 saturated carbocycles. The molecule has 0 aliphatic heterocycles. The first-order valence-electron chi connectivity index (χ1n) is 3.83. The summed E-state index contributed by atoms with van der Waals surface area (Å²) in [5.41, 5.74) is 4.48. The fraction of sp³-hybridized carbons (Fsp3) is 0.500. The SMILES string of the molecule is C=CCCCC(=O)NNC(C)=O. The molecule has 4 nitrogen and oxygen atoms in total. The fourth-order valence-electron chi connectivity index (χ4n) is 0.627. The van der Waals surface area contributed by atoms with Gasteiger partial charge < -0.3 is 0 Å². The third-order valence-electron chi connectivity index (χ3n) is 1.19. The van der Waals surface area contributed by atoms with Gasteiger partial charge in [0.1, 0.15) is 0 Å². The quantitative estimate of drug-likeness (QED) is 0.367. The van der Waals surface area contributed by atoms with Crippen LogP contribution in [0.4, 0.5) is 0 Å². The highest BCUT2D eigenvalue weighted by Gasteiger charge is 1.99. The molecule has 0 saturated heterocycles. The van der Waals surface area contributed by atoms with Crippen LogP contribution in [0.3, 0.4) is 0 Å². The van der Waals surface area contributed by atoms with E-state index < -0.39 is 0 Å². The highest BCUT2D eigenvalue weighted by molar-refractivity contribution is 5.80. The summed E-state index contributed by atoms with van der Waals surface area (Å²) in [6.45, 7) is 4.87. The maximum atomic E-state index is 10.9. The van der Waals surface area contributed by atoms with E-state index in [4.69, 9.17) is 0 Å². The molecule has 0 aromatic rings. The second kappa shape index (κ2) is 6.39. The van der Waals surface area contributed by atoms with Gasteiger partial charge in [-0.3, -0.25) is 20.4 Å². The molecule has 0 fully saturated rings. The van der Waals surface area contributed by atoms with Crippen LogP contribution in [-0.4, -0.2) is 11.8 Å². The molecule has 0 radical (unpaired) electrons. The summed E-state index contributed by atoms with van der Waals surface area (Å²) < 4.78 is 0. The van der Waals surface area contributed by atoms with Gasteiger partial charge in [-0.05, 0) is 12.8 Å². The Balaban J connectivity index is 3.33. The summed E-state index contributed by atoms with van der Waals surface area (Å²) in [7, 11) is 0. The van der Waals surface area contributed by atoms with E-state index in [1.54, 1.807) is 6.08 Å². The van der Waals surface area contributed by atoms with E-state index in [2.05, 4.69) is 17.4 Å². The summed E-state index contributed by atoms with van der Waals surface area (Å²) in [6, 6.07) is 0. The molecular formula is C8H14N2O2. The third-order valence-corrected chi connectivity index (χ3v) is 1.19. The molecule has 2 amide bonds. The van der Waals surface area contributed by atoms with Crippen molar-refractivity contribution < 1.29 is 9.59 Å². The molecule has 0 aromatic heterocycles. The predicted octanol–water partition coefficient (Wildman–Crippen LogP) is 0.510. The van der Waals surface area contributed by atoms with Gasteiger partial charge in [0, 0.05) is 13.3 Å². The molecule has 0 heterocycles. The molecule has 0 rings (SSSR count). The van der Waals surface area contributed by atoms with Gasteiger partial charge >= 0.3 is 0 Å². The van der Waals surface area contributed by atoms with Gasteiger partial charge in [0.15, 0.2) is 0 Å². The smallest absolute Gasteiger partial charge is 0.238 e. The van der Waals surface area contributed by atoms with Crippen LogP contribution >= 0.6 is 0 Å². The Morgan fingerprint density at radius 1 is 1.42 bits per heavy atom. The Bertz CT molecular complexity index is 178. The van der Waals surface area contributed by atoms with Crippen molar-refractivity contribution in [3.63, 3.8) is 0 Å². The second-order valence-electron chi connectivity index (χ2n) is 2.41. The summed E-state index contributed by atoms with van der Waals surface area (Å²) in [5, 5.41) is 0. The molecule has 0 unspecified atom stereocenters. The van der Waals surface area contributed by atoms with Crippen molar-refractivity contribution >= 4 is 11.8 Å². The molecular weight excluding hydrogens is 156 g/mol. The van der Waals surface area contributed by atoms with Crippen molar-refractivity contribution in [3.8, 4) is 0 Å². The molecule has 68 valence electrons. The molecule has 0 aliphatic rings. The first kappa shape index (κ1) is 10.7. The molecule has 0 spiro atoms. The van der Waals surface area contributed by atoms with Crippen molar-refractivity contribution in [2.24, 2.45) is 0 Å². The summed E-state index contributed by atoms with van der Waals surface area (Å²) in [5.74, 6) is -0.445. The molecule has 0 atom stereocenters. The van der Waals surface area contributed by atoms with Gasteiger partial charge in [-0.25, -0.2) is 0 Å².